The number of allylic oxidation sites excluding steroid dienone is 2. The SMILES string of the molecule is Cc1ccc(C(c2ccc(N3C(=O)C4C5C=CCC(C6C(=O)NC(=O)C56)C4C3=O)cc2)(C(F)(F)F)C(F)(F)F)cc1. The van der Waals surface area contributed by atoms with Crippen molar-refractivity contribution in [2.45, 2.75) is 31.1 Å². The van der Waals surface area contributed by atoms with E-state index in [1.165, 1.54) is 6.92 Å². The zero-order valence-corrected chi connectivity index (χ0v) is 21.3. The predicted molar refractivity (Wildman–Crippen MR) is 131 cm³/mol. The quantitative estimate of drug-likeness (QED) is 0.329. The van der Waals surface area contributed by atoms with Crippen LogP contribution in [0.25, 0.3) is 0 Å². The maximum atomic E-state index is 14.5. The molecule has 2 bridgehead atoms. The van der Waals surface area contributed by atoms with Crippen molar-refractivity contribution in [3.8, 4) is 0 Å². The van der Waals surface area contributed by atoms with Crippen LogP contribution < -0.4 is 10.2 Å². The number of imide groups is 2. The first-order valence-corrected chi connectivity index (χ1v) is 12.9. The van der Waals surface area contributed by atoms with Gasteiger partial charge in [0.1, 0.15) is 0 Å². The summed E-state index contributed by atoms with van der Waals surface area (Å²) in [5.74, 6) is -7.46. The van der Waals surface area contributed by atoms with Crippen LogP contribution in [-0.4, -0.2) is 36.0 Å². The van der Waals surface area contributed by atoms with Crippen molar-refractivity contribution in [1.82, 2.24) is 5.32 Å². The molecule has 3 fully saturated rings. The fourth-order valence-corrected chi connectivity index (χ4v) is 7.33. The number of hydrogen-bond acceptors (Lipinski definition) is 4. The molecule has 0 radical (unpaired) electrons. The zero-order chi connectivity index (χ0) is 29.6. The van der Waals surface area contributed by atoms with Gasteiger partial charge in [-0.25, -0.2) is 0 Å². The van der Waals surface area contributed by atoms with E-state index in [0.29, 0.717) is 17.7 Å². The first-order valence-electron chi connectivity index (χ1n) is 12.9. The number of benzene rings is 2. The molecule has 2 aromatic rings. The highest BCUT2D eigenvalue weighted by atomic mass is 19.4. The monoisotopic (exact) mass is 576 g/mol. The van der Waals surface area contributed by atoms with E-state index >= 15 is 0 Å². The molecule has 1 saturated carbocycles. The Morgan fingerprint density at radius 1 is 0.707 bits per heavy atom. The van der Waals surface area contributed by atoms with Crippen molar-refractivity contribution in [3.63, 3.8) is 0 Å². The molecule has 12 heteroatoms. The largest absolute Gasteiger partial charge is 0.411 e. The van der Waals surface area contributed by atoms with Crippen LogP contribution in [0.2, 0.25) is 0 Å². The molecular formula is C29H22F6N2O4. The number of amides is 4. The zero-order valence-electron chi connectivity index (χ0n) is 21.3. The van der Waals surface area contributed by atoms with E-state index in [9.17, 15) is 45.5 Å². The number of nitrogens with one attached hydrogen (secondary N) is 1. The van der Waals surface area contributed by atoms with Crippen molar-refractivity contribution in [3.05, 3.63) is 77.4 Å². The Hall–Kier alpha value is -3.96. The lowest BCUT2D eigenvalue weighted by Gasteiger charge is -2.39. The average molecular weight is 576 g/mol. The number of halogens is 6. The van der Waals surface area contributed by atoms with E-state index in [2.05, 4.69) is 5.32 Å². The lowest BCUT2D eigenvalue weighted by atomic mass is 9.59. The fourth-order valence-electron chi connectivity index (χ4n) is 7.33. The van der Waals surface area contributed by atoms with Crippen LogP contribution in [0.4, 0.5) is 32.0 Å². The summed E-state index contributed by atoms with van der Waals surface area (Å²) in [5, 5.41) is 2.28. The van der Waals surface area contributed by atoms with Gasteiger partial charge < -0.3 is 0 Å². The van der Waals surface area contributed by atoms with Gasteiger partial charge in [-0.1, -0.05) is 54.1 Å². The maximum absolute atomic E-state index is 14.5. The van der Waals surface area contributed by atoms with Crippen LogP contribution in [0.3, 0.4) is 0 Å². The molecule has 2 aromatic carbocycles. The Bertz CT molecular complexity index is 1480. The highest BCUT2D eigenvalue weighted by Gasteiger charge is 2.72. The summed E-state index contributed by atoms with van der Waals surface area (Å²) in [7, 11) is 0. The number of alkyl halides is 6. The molecule has 1 N–H and O–H groups in total. The van der Waals surface area contributed by atoms with Crippen LogP contribution in [0, 0.1) is 42.4 Å². The van der Waals surface area contributed by atoms with E-state index in [-0.39, 0.29) is 12.1 Å². The van der Waals surface area contributed by atoms with Gasteiger partial charge in [-0.3, -0.25) is 29.4 Å². The van der Waals surface area contributed by atoms with Crippen molar-refractivity contribution >= 4 is 29.3 Å². The van der Waals surface area contributed by atoms with Crippen molar-refractivity contribution in [2.24, 2.45) is 35.5 Å². The van der Waals surface area contributed by atoms with Gasteiger partial charge in [0, 0.05) is 5.92 Å². The molecule has 4 amide bonds. The smallest absolute Gasteiger partial charge is 0.296 e. The van der Waals surface area contributed by atoms with Crippen LogP contribution in [-0.2, 0) is 24.6 Å². The minimum absolute atomic E-state index is 0.191. The second-order valence-corrected chi connectivity index (χ2v) is 11.0. The van der Waals surface area contributed by atoms with Crippen molar-refractivity contribution in [2.75, 3.05) is 4.90 Å². The van der Waals surface area contributed by atoms with Gasteiger partial charge in [0.2, 0.25) is 29.0 Å². The third kappa shape index (κ3) is 3.58. The van der Waals surface area contributed by atoms with E-state index < -0.39 is 88.0 Å². The number of anilines is 1. The van der Waals surface area contributed by atoms with E-state index in [0.717, 1.165) is 41.3 Å². The molecule has 6 unspecified atom stereocenters. The van der Waals surface area contributed by atoms with Gasteiger partial charge in [0.15, 0.2) is 0 Å². The number of carbonyl (C=O) groups is 4. The number of rotatable bonds is 3. The summed E-state index contributed by atoms with van der Waals surface area (Å²) >= 11 is 0. The number of hydrogen-bond donors (Lipinski definition) is 1. The van der Waals surface area contributed by atoms with Gasteiger partial charge in [0.25, 0.3) is 0 Å². The molecule has 0 spiro atoms. The second kappa shape index (κ2) is 8.77. The Kier molecular flexibility index (Phi) is 5.82. The van der Waals surface area contributed by atoms with Crippen molar-refractivity contribution < 1.29 is 45.5 Å². The average Bonchev–Trinajstić information content (AvgIpc) is 3.14. The lowest BCUT2D eigenvalue weighted by molar-refractivity contribution is -0.288. The minimum atomic E-state index is -5.79. The summed E-state index contributed by atoms with van der Waals surface area (Å²) < 4.78 is 86.8. The van der Waals surface area contributed by atoms with Gasteiger partial charge in [-0.2, -0.15) is 26.3 Å². The molecule has 214 valence electrons. The number of aryl methyl sites for hydroxylation is 1. The molecule has 5 aliphatic rings. The highest BCUT2D eigenvalue weighted by molar-refractivity contribution is 6.23. The Balaban J connectivity index is 1.42. The van der Waals surface area contributed by atoms with Crippen LogP contribution >= 0.6 is 0 Å². The van der Waals surface area contributed by atoms with Crippen molar-refractivity contribution in [1.29, 1.82) is 0 Å². The normalized spacial score (nSPS) is 29.5. The Labute approximate surface area is 229 Å². The molecule has 2 aliphatic heterocycles. The standard InChI is InChI=1S/C29H22F6N2O4/c1-13-5-7-14(8-6-13)27(28(30,31)32,29(33,34)35)15-9-11-16(12-10-15)37-25(40)21-17-3-2-4-18(22(21)26(37)41)20-19(17)23(38)36-24(20)39/h2-3,5-12,17-22H,4H2,1H3,(H,36,38,39). The first-order chi connectivity index (χ1) is 19.2. The molecule has 6 nitrogen and oxygen atoms in total. The molecule has 6 atom stereocenters. The predicted octanol–water partition coefficient (Wildman–Crippen LogP) is 4.61. The van der Waals surface area contributed by atoms with Gasteiger partial charge in [0.05, 0.1) is 29.4 Å². The highest BCUT2D eigenvalue weighted by Crippen LogP contribution is 2.58. The summed E-state index contributed by atoms with van der Waals surface area (Å²) in [6.45, 7) is 1.53. The maximum Gasteiger partial charge on any atom is 0.411 e. The van der Waals surface area contributed by atoms with E-state index in [1.807, 2.05) is 0 Å². The molecule has 41 heavy (non-hydrogen) atoms. The van der Waals surface area contributed by atoms with Crippen LogP contribution in [0.5, 0.6) is 0 Å². The topological polar surface area (TPSA) is 83.6 Å². The lowest BCUT2D eigenvalue weighted by Crippen LogP contribution is -2.54. The third-order valence-corrected chi connectivity index (χ3v) is 9.05. The summed E-state index contributed by atoms with van der Waals surface area (Å²) in [6, 6.07) is 6.93. The number of fused-ring (bicyclic) bond motifs is 1. The molecule has 2 heterocycles. The Morgan fingerprint density at radius 2 is 1.22 bits per heavy atom. The summed E-state index contributed by atoms with van der Waals surface area (Å²) in [5.41, 5.74) is -6.24. The van der Waals surface area contributed by atoms with Crippen LogP contribution in [0.15, 0.2) is 60.7 Å². The molecule has 2 saturated heterocycles. The second-order valence-electron chi connectivity index (χ2n) is 11.0. The first kappa shape index (κ1) is 27.2. The van der Waals surface area contributed by atoms with Gasteiger partial charge >= 0.3 is 12.4 Å². The van der Waals surface area contributed by atoms with E-state index in [1.54, 1.807) is 12.2 Å². The Morgan fingerprint density at radius 3 is 1.78 bits per heavy atom. The van der Waals surface area contributed by atoms with Crippen LogP contribution in [0.1, 0.15) is 23.1 Å². The molecular weight excluding hydrogens is 554 g/mol. The van der Waals surface area contributed by atoms with E-state index in [4.69, 9.17) is 0 Å². The summed E-state index contributed by atoms with van der Waals surface area (Å²) in [4.78, 5) is 53.1. The third-order valence-electron chi connectivity index (χ3n) is 9.05. The molecule has 7 rings (SSSR count). The summed E-state index contributed by atoms with van der Waals surface area (Å²) in [6.07, 6.45) is -7.91. The molecule has 0 aromatic heterocycles. The van der Waals surface area contributed by atoms with Gasteiger partial charge in [-0.15, -0.1) is 0 Å². The molecule has 3 aliphatic carbocycles. The fraction of sp³-hybridized carbons (Fsp3) is 0.379. The number of nitrogens with zero attached hydrogens (tertiary/aromatic N) is 1. The minimum Gasteiger partial charge on any atom is -0.296 e. The van der Waals surface area contributed by atoms with Gasteiger partial charge in [-0.05, 0) is 42.5 Å². The number of carbonyl (C=O) groups excluding carboxylic acids is 4.